The maximum absolute atomic E-state index is 12.9. The van der Waals surface area contributed by atoms with Crippen LogP contribution in [0.5, 0.6) is 0 Å². The lowest BCUT2D eigenvalue weighted by Crippen LogP contribution is -2.47. The van der Waals surface area contributed by atoms with Gasteiger partial charge in [0.25, 0.3) is 0 Å². The summed E-state index contributed by atoms with van der Waals surface area (Å²) in [5.41, 5.74) is 1.59. The molecule has 0 bridgehead atoms. The maximum atomic E-state index is 12.9. The highest BCUT2D eigenvalue weighted by atomic mass is 35.5. The SMILES string of the molecule is [2H]C1([2H])N(CCO)C([2H])([2H])C([2H])([2H])N(c2cc(Nc3ncc(C(=O)Cc4c(C)cccc4Cl)s3)nc(C)n2)C1([2H])[2H]. The zero-order valence-electron chi connectivity index (χ0n) is 25.9. The van der Waals surface area contributed by atoms with Crippen LogP contribution in [0.2, 0.25) is 5.02 Å². The van der Waals surface area contributed by atoms with Gasteiger partial charge in [-0.05, 0) is 31.0 Å². The van der Waals surface area contributed by atoms with Crippen molar-refractivity contribution in [1.82, 2.24) is 19.9 Å². The fraction of sp³-hybridized carbons (Fsp3) is 0.391. The number of aliphatic hydroxyl groups excluding tert-OH is 1. The lowest BCUT2D eigenvalue weighted by atomic mass is 10.0. The van der Waals surface area contributed by atoms with Gasteiger partial charge in [-0.15, -0.1) is 0 Å². The van der Waals surface area contributed by atoms with Crippen molar-refractivity contribution in [1.29, 1.82) is 0 Å². The van der Waals surface area contributed by atoms with E-state index < -0.39 is 45.0 Å². The fourth-order valence-corrected chi connectivity index (χ4v) is 4.09. The zero-order chi connectivity index (χ0) is 30.5. The van der Waals surface area contributed by atoms with Gasteiger partial charge in [-0.2, -0.15) is 0 Å². The average Bonchev–Trinajstić information content (AvgIpc) is 3.31. The summed E-state index contributed by atoms with van der Waals surface area (Å²) < 4.78 is 67.8. The fourth-order valence-electron chi connectivity index (χ4n) is 3.04. The van der Waals surface area contributed by atoms with Crippen LogP contribution in [0.3, 0.4) is 0 Å². The summed E-state index contributed by atoms with van der Waals surface area (Å²) in [6.07, 6.45) is 1.46. The van der Waals surface area contributed by atoms with Crippen molar-refractivity contribution in [3.8, 4) is 0 Å². The Morgan fingerprint density at radius 3 is 2.79 bits per heavy atom. The molecule has 4 rings (SSSR count). The van der Waals surface area contributed by atoms with Gasteiger partial charge in [-0.25, -0.2) is 15.0 Å². The Bertz CT molecular complexity index is 1430. The molecule has 1 fully saturated rings. The highest BCUT2D eigenvalue weighted by molar-refractivity contribution is 7.17. The van der Waals surface area contributed by atoms with Crippen LogP contribution in [0.1, 0.15) is 37.6 Å². The lowest BCUT2D eigenvalue weighted by Gasteiger charge is -2.35. The highest BCUT2D eigenvalue weighted by Gasteiger charge is 2.19. The Morgan fingerprint density at radius 1 is 1.27 bits per heavy atom. The van der Waals surface area contributed by atoms with Gasteiger partial charge in [0.15, 0.2) is 10.9 Å². The summed E-state index contributed by atoms with van der Waals surface area (Å²) in [7, 11) is 0. The highest BCUT2D eigenvalue weighted by Crippen LogP contribution is 2.27. The van der Waals surface area contributed by atoms with Gasteiger partial charge in [-0.1, -0.05) is 35.1 Å². The van der Waals surface area contributed by atoms with Crippen molar-refractivity contribution in [2.45, 2.75) is 20.3 Å². The molecule has 0 amide bonds. The van der Waals surface area contributed by atoms with E-state index in [9.17, 15) is 9.90 Å². The van der Waals surface area contributed by atoms with Gasteiger partial charge in [0.2, 0.25) is 0 Å². The Kier molecular flexibility index (Phi) is 4.91. The second-order valence-corrected chi connectivity index (χ2v) is 8.54. The molecule has 2 N–H and O–H groups in total. The maximum Gasteiger partial charge on any atom is 0.188 e. The quantitative estimate of drug-likeness (QED) is 0.459. The number of ketones is 1. The minimum atomic E-state index is -3.15. The van der Waals surface area contributed by atoms with Crippen LogP contribution < -0.4 is 10.2 Å². The monoisotopic (exact) mass is 494 g/mol. The number of carbonyl (C=O) groups excluding carboxylic acids is 1. The van der Waals surface area contributed by atoms with Crippen molar-refractivity contribution < 1.29 is 20.9 Å². The molecule has 1 aliphatic rings. The molecule has 0 radical (unpaired) electrons. The van der Waals surface area contributed by atoms with E-state index in [-0.39, 0.29) is 29.0 Å². The predicted molar refractivity (Wildman–Crippen MR) is 132 cm³/mol. The molecule has 3 heterocycles. The summed E-state index contributed by atoms with van der Waals surface area (Å²) in [5.74, 6) is -0.544. The number of carbonyl (C=O) groups is 1. The van der Waals surface area contributed by atoms with Crippen molar-refractivity contribution in [3.63, 3.8) is 0 Å². The van der Waals surface area contributed by atoms with E-state index in [4.69, 9.17) is 22.6 Å². The van der Waals surface area contributed by atoms with E-state index in [2.05, 4.69) is 20.3 Å². The molecule has 0 aliphatic carbocycles. The Morgan fingerprint density at radius 2 is 2.06 bits per heavy atom. The summed E-state index contributed by atoms with van der Waals surface area (Å²) in [5, 5.41) is 13.0. The first kappa shape index (κ1) is 15.3. The molecule has 0 unspecified atom stereocenters. The zero-order valence-corrected chi connectivity index (χ0v) is 19.5. The number of rotatable bonds is 8. The number of halogens is 1. The van der Waals surface area contributed by atoms with Gasteiger partial charge in [-0.3, -0.25) is 9.69 Å². The molecule has 8 nitrogen and oxygen atoms in total. The smallest absolute Gasteiger partial charge is 0.188 e. The number of aryl methyl sites for hydroxylation is 2. The van der Waals surface area contributed by atoms with Gasteiger partial charge < -0.3 is 15.3 Å². The number of hydrogen-bond donors (Lipinski definition) is 2. The third kappa shape index (κ3) is 5.86. The number of piperazine rings is 1. The first-order chi connectivity index (χ1) is 18.9. The predicted octanol–water partition coefficient (Wildman–Crippen LogP) is 3.49. The molecule has 1 aromatic carbocycles. The molecular formula is C23H27ClN6O2S. The van der Waals surface area contributed by atoms with E-state index in [1.165, 1.54) is 13.1 Å². The van der Waals surface area contributed by atoms with Crippen LogP contribution in [0, 0.1) is 13.8 Å². The molecule has 174 valence electrons. The molecule has 1 saturated heterocycles. The molecule has 0 spiro atoms. The number of aliphatic hydroxyl groups is 1. The first-order valence-corrected chi connectivity index (χ1v) is 11.2. The van der Waals surface area contributed by atoms with E-state index >= 15 is 0 Å². The number of benzene rings is 1. The van der Waals surface area contributed by atoms with Crippen LogP contribution in [0.15, 0.2) is 30.5 Å². The average molecular weight is 495 g/mol. The van der Waals surface area contributed by atoms with Crippen LogP contribution in [-0.2, 0) is 6.42 Å². The molecule has 10 heteroatoms. The van der Waals surface area contributed by atoms with E-state index in [1.807, 2.05) is 13.0 Å². The van der Waals surface area contributed by atoms with Crippen molar-refractivity contribution in [3.05, 3.63) is 57.3 Å². The Balaban J connectivity index is 1.65. The summed E-state index contributed by atoms with van der Waals surface area (Å²) in [4.78, 5) is 26.4. The number of Topliss-reactive ketones (excluding diaryl/α,β-unsaturated/α-hetero) is 1. The second-order valence-electron chi connectivity index (χ2n) is 7.11. The van der Waals surface area contributed by atoms with E-state index in [1.54, 1.807) is 12.1 Å². The summed E-state index contributed by atoms with van der Waals surface area (Å²) in [6, 6.07) is 6.51. The molecule has 33 heavy (non-hydrogen) atoms. The number of nitrogens with one attached hydrogen (secondary N) is 1. The minimum Gasteiger partial charge on any atom is -0.395 e. The molecule has 1 aliphatic heterocycles. The number of nitrogens with zero attached hydrogens (tertiary/aromatic N) is 5. The van der Waals surface area contributed by atoms with Gasteiger partial charge in [0, 0.05) is 55.5 Å². The third-order valence-corrected chi connectivity index (χ3v) is 5.98. The number of thiazole rings is 1. The van der Waals surface area contributed by atoms with Gasteiger partial charge in [0.05, 0.1) is 23.2 Å². The van der Waals surface area contributed by atoms with Crippen LogP contribution in [-0.4, -0.2) is 69.9 Å². The van der Waals surface area contributed by atoms with E-state index in [0.717, 1.165) is 23.0 Å². The normalized spacial score (nSPS) is 24.2. The summed E-state index contributed by atoms with van der Waals surface area (Å²) in [6.45, 7) is -10.5. The molecule has 2 aromatic heterocycles. The van der Waals surface area contributed by atoms with Crippen molar-refractivity contribution >= 4 is 45.5 Å². The lowest BCUT2D eigenvalue weighted by molar-refractivity contribution is 0.0996. The standard InChI is InChI=1S/C23H27ClN6O2S/c1-15-4-3-5-18(24)17(15)12-19(32)20-14-25-23(33-20)28-21-13-22(27-16(2)26-21)30-8-6-29(7-9-30)10-11-31/h3-5,13-14,31H,6-12H2,1-2H3,(H,25,26,27,28)/i6D2,7D2,8D2,9D2. The molecule has 3 aromatic rings. The number of hydrogen-bond acceptors (Lipinski definition) is 9. The van der Waals surface area contributed by atoms with Crippen molar-refractivity contribution in [2.24, 2.45) is 0 Å². The number of aromatic nitrogens is 3. The summed E-state index contributed by atoms with van der Waals surface area (Å²) >= 11 is 7.29. The number of anilines is 3. The Hall–Kier alpha value is -2.59. The largest absolute Gasteiger partial charge is 0.395 e. The Labute approximate surface area is 213 Å². The number of β-amino-alcohol motifs (C(OH)–C–C–N with tert-alkyl or cyclic N) is 1. The second kappa shape index (κ2) is 10.6. The van der Waals surface area contributed by atoms with E-state index in [0.29, 0.717) is 25.3 Å². The van der Waals surface area contributed by atoms with Crippen LogP contribution in [0.25, 0.3) is 0 Å². The van der Waals surface area contributed by atoms with Gasteiger partial charge >= 0.3 is 0 Å². The topological polar surface area (TPSA) is 94.5 Å². The third-order valence-electron chi connectivity index (χ3n) is 4.68. The van der Waals surface area contributed by atoms with Crippen LogP contribution >= 0.6 is 22.9 Å². The molecular weight excluding hydrogens is 460 g/mol. The van der Waals surface area contributed by atoms with Gasteiger partial charge in [0.1, 0.15) is 17.5 Å². The first-order valence-electron chi connectivity index (χ1n) is 14.0. The molecule has 0 saturated carbocycles. The van der Waals surface area contributed by atoms with Crippen molar-refractivity contribution in [2.75, 3.05) is 49.4 Å². The molecule has 0 atom stereocenters. The minimum absolute atomic E-state index is 0.0355. The van der Waals surface area contributed by atoms with Crippen LogP contribution in [0.4, 0.5) is 16.8 Å².